The zero-order valence-electron chi connectivity index (χ0n) is 14.5. The van der Waals surface area contributed by atoms with E-state index < -0.39 is 6.10 Å². The van der Waals surface area contributed by atoms with Gasteiger partial charge in [-0.3, -0.25) is 4.90 Å². The van der Waals surface area contributed by atoms with E-state index in [1.807, 2.05) is 25.1 Å². The van der Waals surface area contributed by atoms with E-state index in [0.717, 1.165) is 28.3 Å². The highest BCUT2D eigenvalue weighted by molar-refractivity contribution is 7.18. The Morgan fingerprint density at radius 3 is 2.84 bits per heavy atom. The number of aliphatic hydroxyl groups is 1. The molecule has 1 aromatic carbocycles. The number of amides is 1. The second-order valence-corrected chi connectivity index (χ2v) is 7.32. The summed E-state index contributed by atoms with van der Waals surface area (Å²) in [5.74, 6) is 0.715. The van der Waals surface area contributed by atoms with E-state index in [0.29, 0.717) is 25.4 Å². The summed E-state index contributed by atoms with van der Waals surface area (Å²) >= 11 is 1.65. The Hall–Kier alpha value is -1.90. The molecule has 0 saturated carbocycles. The van der Waals surface area contributed by atoms with E-state index >= 15 is 0 Å². The molecule has 1 amide bonds. The Labute approximate surface area is 150 Å². The molecule has 1 aliphatic rings. The Balaban J connectivity index is 1.44. The minimum Gasteiger partial charge on any atom is -0.491 e. The molecule has 8 heteroatoms. The molecule has 1 atom stereocenters. The Bertz CT molecular complexity index is 728. The van der Waals surface area contributed by atoms with Gasteiger partial charge in [0.1, 0.15) is 18.5 Å². The zero-order chi connectivity index (χ0) is 17.8. The minimum absolute atomic E-state index is 0.228. The summed E-state index contributed by atoms with van der Waals surface area (Å²) in [6, 6.07) is 5.80. The molecule has 1 saturated heterocycles. The SMILES string of the molecule is COC(=O)N1CCN(CC(O)COc2ccc3sc(C)nc3c2)CC1. The number of nitrogens with zero attached hydrogens (tertiary/aromatic N) is 3. The number of hydrogen-bond acceptors (Lipinski definition) is 7. The van der Waals surface area contributed by atoms with Gasteiger partial charge in [0.2, 0.25) is 0 Å². The van der Waals surface area contributed by atoms with Crippen LogP contribution in [0.25, 0.3) is 10.2 Å². The zero-order valence-corrected chi connectivity index (χ0v) is 15.3. The van der Waals surface area contributed by atoms with Gasteiger partial charge in [-0.1, -0.05) is 0 Å². The monoisotopic (exact) mass is 365 g/mol. The molecule has 1 N–H and O–H groups in total. The second-order valence-electron chi connectivity index (χ2n) is 6.08. The minimum atomic E-state index is -0.586. The maximum absolute atomic E-state index is 11.5. The van der Waals surface area contributed by atoms with E-state index in [9.17, 15) is 9.90 Å². The third-order valence-corrected chi connectivity index (χ3v) is 5.13. The number of β-amino-alcohol motifs (C(OH)–C–C–N with tert-alkyl or cyclic N) is 1. The predicted molar refractivity (Wildman–Crippen MR) is 96.3 cm³/mol. The van der Waals surface area contributed by atoms with Crippen molar-refractivity contribution < 1.29 is 19.4 Å². The number of carbonyl (C=O) groups is 1. The fraction of sp³-hybridized carbons (Fsp3) is 0.529. The average Bonchev–Trinajstić information content (AvgIpc) is 2.99. The second kappa shape index (κ2) is 7.99. The lowest BCUT2D eigenvalue weighted by molar-refractivity contribution is 0.0435. The molecule has 3 rings (SSSR count). The molecule has 0 aliphatic carbocycles. The van der Waals surface area contributed by atoms with Crippen molar-refractivity contribution in [1.82, 2.24) is 14.8 Å². The number of aliphatic hydroxyl groups excluding tert-OH is 1. The number of benzene rings is 1. The molecule has 25 heavy (non-hydrogen) atoms. The number of hydrogen-bond donors (Lipinski definition) is 1. The van der Waals surface area contributed by atoms with Crippen molar-refractivity contribution in [3.8, 4) is 5.75 Å². The lowest BCUT2D eigenvalue weighted by atomic mass is 10.2. The maximum atomic E-state index is 11.5. The fourth-order valence-electron chi connectivity index (χ4n) is 2.90. The first-order valence-corrected chi connectivity index (χ1v) is 9.10. The first kappa shape index (κ1) is 17.9. The van der Waals surface area contributed by atoms with E-state index in [4.69, 9.17) is 9.47 Å². The molecule has 0 bridgehead atoms. The van der Waals surface area contributed by atoms with Crippen molar-refractivity contribution in [3.05, 3.63) is 23.2 Å². The van der Waals surface area contributed by atoms with Crippen LogP contribution in [-0.2, 0) is 4.74 Å². The first-order chi connectivity index (χ1) is 12.0. The third kappa shape index (κ3) is 4.59. The highest BCUT2D eigenvalue weighted by atomic mass is 32.1. The molecular weight excluding hydrogens is 342 g/mol. The first-order valence-electron chi connectivity index (χ1n) is 8.28. The van der Waals surface area contributed by atoms with Crippen molar-refractivity contribution >= 4 is 27.6 Å². The summed E-state index contributed by atoms with van der Waals surface area (Å²) in [6.07, 6.45) is -0.881. The molecule has 0 spiro atoms. The third-order valence-electron chi connectivity index (χ3n) is 4.18. The van der Waals surface area contributed by atoms with Crippen LogP contribution in [0, 0.1) is 6.92 Å². The number of carbonyl (C=O) groups excluding carboxylic acids is 1. The number of rotatable bonds is 5. The van der Waals surface area contributed by atoms with E-state index in [-0.39, 0.29) is 12.7 Å². The van der Waals surface area contributed by atoms with Crippen LogP contribution in [0.5, 0.6) is 5.75 Å². The Kier molecular flexibility index (Phi) is 5.72. The van der Waals surface area contributed by atoms with Gasteiger partial charge >= 0.3 is 6.09 Å². The number of fused-ring (bicyclic) bond motifs is 1. The molecule has 1 fully saturated rings. The smallest absolute Gasteiger partial charge is 0.409 e. The molecular formula is C17H23N3O4S. The van der Waals surface area contributed by atoms with Crippen molar-refractivity contribution in [1.29, 1.82) is 0 Å². The van der Waals surface area contributed by atoms with Gasteiger partial charge in [0.15, 0.2) is 0 Å². The molecule has 0 radical (unpaired) electrons. The summed E-state index contributed by atoms with van der Waals surface area (Å²) in [6.45, 7) is 5.39. The van der Waals surface area contributed by atoms with Gasteiger partial charge in [-0.25, -0.2) is 9.78 Å². The largest absolute Gasteiger partial charge is 0.491 e. The molecule has 2 aromatic rings. The highest BCUT2D eigenvalue weighted by Gasteiger charge is 2.23. The number of aromatic nitrogens is 1. The van der Waals surface area contributed by atoms with Crippen LogP contribution in [0.4, 0.5) is 4.79 Å². The number of methoxy groups -OCH3 is 1. The van der Waals surface area contributed by atoms with Crippen LogP contribution in [0.3, 0.4) is 0 Å². The van der Waals surface area contributed by atoms with Crippen LogP contribution in [0.2, 0.25) is 0 Å². The van der Waals surface area contributed by atoms with E-state index in [1.54, 1.807) is 16.2 Å². The number of piperazine rings is 1. The van der Waals surface area contributed by atoms with Gasteiger partial charge in [-0.15, -0.1) is 11.3 Å². The van der Waals surface area contributed by atoms with Crippen LogP contribution in [0.1, 0.15) is 5.01 Å². The van der Waals surface area contributed by atoms with Crippen molar-refractivity contribution in [3.63, 3.8) is 0 Å². The molecule has 2 heterocycles. The van der Waals surface area contributed by atoms with Crippen LogP contribution in [-0.4, -0.2) is 78.5 Å². The van der Waals surface area contributed by atoms with Gasteiger partial charge in [0, 0.05) is 38.8 Å². The molecule has 1 aliphatic heterocycles. The van der Waals surface area contributed by atoms with Gasteiger partial charge < -0.3 is 19.5 Å². The number of aryl methyl sites for hydroxylation is 1. The summed E-state index contributed by atoms with van der Waals surface area (Å²) in [4.78, 5) is 19.7. The Morgan fingerprint density at radius 1 is 1.36 bits per heavy atom. The molecule has 1 unspecified atom stereocenters. The lowest BCUT2D eigenvalue weighted by Gasteiger charge is -2.34. The summed E-state index contributed by atoms with van der Waals surface area (Å²) < 4.78 is 11.6. The number of ether oxygens (including phenoxy) is 2. The summed E-state index contributed by atoms with van der Waals surface area (Å²) in [5.41, 5.74) is 0.924. The van der Waals surface area contributed by atoms with Gasteiger partial charge in [-0.2, -0.15) is 0 Å². The standard InChI is InChI=1S/C17H23N3O4S/c1-12-18-15-9-14(3-4-16(15)25-12)24-11-13(21)10-19-5-7-20(8-6-19)17(22)23-2/h3-4,9,13,21H,5-8,10-11H2,1-2H3. The van der Waals surface area contributed by atoms with Crippen LogP contribution in [0.15, 0.2) is 18.2 Å². The lowest BCUT2D eigenvalue weighted by Crippen LogP contribution is -2.50. The molecule has 136 valence electrons. The topological polar surface area (TPSA) is 75.1 Å². The van der Waals surface area contributed by atoms with Gasteiger partial charge in [-0.05, 0) is 19.1 Å². The maximum Gasteiger partial charge on any atom is 0.409 e. The van der Waals surface area contributed by atoms with E-state index in [2.05, 4.69) is 9.88 Å². The van der Waals surface area contributed by atoms with Gasteiger partial charge in [0.25, 0.3) is 0 Å². The Morgan fingerprint density at radius 2 is 2.12 bits per heavy atom. The van der Waals surface area contributed by atoms with Gasteiger partial charge in [0.05, 0.1) is 22.3 Å². The van der Waals surface area contributed by atoms with Crippen molar-refractivity contribution in [2.45, 2.75) is 13.0 Å². The quantitative estimate of drug-likeness (QED) is 0.870. The van der Waals surface area contributed by atoms with Crippen molar-refractivity contribution in [2.75, 3.05) is 46.4 Å². The molecule has 1 aromatic heterocycles. The van der Waals surface area contributed by atoms with Crippen LogP contribution < -0.4 is 4.74 Å². The van der Waals surface area contributed by atoms with Crippen molar-refractivity contribution in [2.24, 2.45) is 0 Å². The average molecular weight is 365 g/mol. The van der Waals surface area contributed by atoms with E-state index in [1.165, 1.54) is 7.11 Å². The fourth-order valence-corrected chi connectivity index (χ4v) is 3.70. The number of thiazole rings is 1. The summed E-state index contributed by atoms with van der Waals surface area (Å²) in [7, 11) is 1.39. The normalized spacial score (nSPS) is 16.8. The predicted octanol–water partition coefficient (Wildman–Crippen LogP) is 1.73. The van der Waals surface area contributed by atoms with Crippen LogP contribution >= 0.6 is 11.3 Å². The highest BCUT2D eigenvalue weighted by Crippen LogP contribution is 2.25. The molecule has 7 nitrogen and oxygen atoms in total. The summed E-state index contributed by atoms with van der Waals surface area (Å²) in [5, 5.41) is 11.2.